The van der Waals surface area contributed by atoms with Crippen molar-refractivity contribution in [3.05, 3.63) is 29.8 Å². The molecule has 1 heterocycles. The van der Waals surface area contributed by atoms with Crippen molar-refractivity contribution in [2.24, 2.45) is 5.92 Å². The number of nitrogens with zero attached hydrogens (tertiary/aromatic N) is 1. The SMILES string of the molecule is CCOc1ccc(C(O)CN2CCC(C)CC2C)cc1. The lowest BCUT2D eigenvalue weighted by Gasteiger charge is -2.37. The Morgan fingerprint density at radius 3 is 2.60 bits per heavy atom. The fourth-order valence-corrected chi connectivity index (χ4v) is 3.01. The number of aliphatic hydroxyl groups excluding tert-OH is 1. The minimum absolute atomic E-state index is 0.415. The summed E-state index contributed by atoms with van der Waals surface area (Å²) < 4.78 is 5.43. The van der Waals surface area contributed by atoms with Crippen LogP contribution in [0.5, 0.6) is 5.75 Å². The molecular weight excluding hydrogens is 250 g/mol. The van der Waals surface area contributed by atoms with Crippen LogP contribution < -0.4 is 4.74 Å². The first kappa shape index (κ1) is 15.3. The lowest BCUT2D eigenvalue weighted by atomic mass is 9.93. The first-order valence-corrected chi connectivity index (χ1v) is 7.75. The molecule has 1 N–H and O–H groups in total. The van der Waals surface area contributed by atoms with Gasteiger partial charge in [0.2, 0.25) is 0 Å². The molecule has 1 aromatic rings. The van der Waals surface area contributed by atoms with Crippen LogP contribution in [0.15, 0.2) is 24.3 Å². The van der Waals surface area contributed by atoms with Crippen molar-refractivity contribution in [2.45, 2.75) is 45.8 Å². The Kier molecular flexibility index (Phi) is 5.44. The van der Waals surface area contributed by atoms with Crippen LogP contribution in [-0.4, -0.2) is 35.7 Å². The molecule has 0 spiro atoms. The Labute approximate surface area is 122 Å². The molecule has 1 fully saturated rings. The van der Waals surface area contributed by atoms with Crippen molar-refractivity contribution >= 4 is 0 Å². The number of hydrogen-bond acceptors (Lipinski definition) is 3. The number of aliphatic hydroxyl groups is 1. The molecule has 2 rings (SSSR count). The zero-order valence-corrected chi connectivity index (χ0v) is 12.9. The Morgan fingerprint density at radius 1 is 1.30 bits per heavy atom. The summed E-state index contributed by atoms with van der Waals surface area (Å²) in [7, 11) is 0. The third-order valence-corrected chi connectivity index (χ3v) is 4.26. The molecular formula is C17H27NO2. The average molecular weight is 277 g/mol. The molecule has 3 nitrogen and oxygen atoms in total. The zero-order valence-electron chi connectivity index (χ0n) is 12.9. The largest absolute Gasteiger partial charge is 0.494 e. The van der Waals surface area contributed by atoms with Crippen molar-refractivity contribution in [3.63, 3.8) is 0 Å². The zero-order chi connectivity index (χ0) is 14.5. The van der Waals surface area contributed by atoms with Crippen molar-refractivity contribution in [3.8, 4) is 5.75 Å². The van der Waals surface area contributed by atoms with Gasteiger partial charge in [-0.1, -0.05) is 19.1 Å². The second kappa shape index (κ2) is 7.09. The van der Waals surface area contributed by atoms with Crippen LogP contribution in [0.4, 0.5) is 0 Å². The van der Waals surface area contributed by atoms with Gasteiger partial charge in [-0.2, -0.15) is 0 Å². The Balaban J connectivity index is 1.92. The van der Waals surface area contributed by atoms with E-state index in [1.807, 2.05) is 31.2 Å². The standard InChI is InChI=1S/C17H27NO2/c1-4-20-16-7-5-15(6-8-16)17(19)12-18-10-9-13(2)11-14(18)3/h5-8,13-14,17,19H,4,9-12H2,1-3H3. The number of β-amino-alcohol motifs (C(OH)–C–C–N with tert-alkyl or cyclic N) is 1. The molecule has 3 unspecified atom stereocenters. The van der Waals surface area contributed by atoms with Gasteiger partial charge in [0.25, 0.3) is 0 Å². The molecule has 1 aromatic carbocycles. The van der Waals surface area contributed by atoms with Crippen LogP contribution in [0.25, 0.3) is 0 Å². The lowest BCUT2D eigenvalue weighted by molar-refractivity contribution is 0.0601. The van der Waals surface area contributed by atoms with E-state index in [-0.39, 0.29) is 0 Å². The second-order valence-corrected chi connectivity index (χ2v) is 5.99. The van der Waals surface area contributed by atoms with Gasteiger partial charge in [0, 0.05) is 12.6 Å². The van der Waals surface area contributed by atoms with E-state index in [4.69, 9.17) is 4.74 Å². The number of rotatable bonds is 5. The van der Waals surface area contributed by atoms with Crippen LogP contribution in [0, 0.1) is 5.92 Å². The summed E-state index contributed by atoms with van der Waals surface area (Å²) in [5, 5.41) is 10.4. The molecule has 1 saturated heterocycles. The normalized spacial score (nSPS) is 25.4. The van der Waals surface area contributed by atoms with E-state index in [1.54, 1.807) is 0 Å². The monoisotopic (exact) mass is 277 g/mol. The highest BCUT2D eigenvalue weighted by atomic mass is 16.5. The van der Waals surface area contributed by atoms with Crippen LogP contribution >= 0.6 is 0 Å². The summed E-state index contributed by atoms with van der Waals surface area (Å²) >= 11 is 0. The van der Waals surface area contributed by atoms with E-state index in [1.165, 1.54) is 12.8 Å². The van der Waals surface area contributed by atoms with Crippen molar-refractivity contribution < 1.29 is 9.84 Å². The molecule has 20 heavy (non-hydrogen) atoms. The van der Waals surface area contributed by atoms with Gasteiger partial charge in [0.1, 0.15) is 5.75 Å². The van der Waals surface area contributed by atoms with E-state index >= 15 is 0 Å². The van der Waals surface area contributed by atoms with Crippen molar-refractivity contribution in [2.75, 3.05) is 19.7 Å². The fourth-order valence-electron chi connectivity index (χ4n) is 3.01. The molecule has 0 aliphatic carbocycles. The van der Waals surface area contributed by atoms with E-state index in [0.29, 0.717) is 12.6 Å². The first-order chi connectivity index (χ1) is 9.60. The van der Waals surface area contributed by atoms with Gasteiger partial charge >= 0.3 is 0 Å². The molecule has 112 valence electrons. The van der Waals surface area contributed by atoms with E-state index < -0.39 is 6.10 Å². The second-order valence-electron chi connectivity index (χ2n) is 5.99. The minimum atomic E-state index is -0.415. The average Bonchev–Trinajstić information content (AvgIpc) is 2.43. The van der Waals surface area contributed by atoms with Gasteiger partial charge in [0.15, 0.2) is 0 Å². The highest BCUT2D eigenvalue weighted by molar-refractivity contribution is 5.28. The summed E-state index contributed by atoms with van der Waals surface area (Å²) in [4.78, 5) is 2.40. The molecule has 0 radical (unpaired) electrons. The fraction of sp³-hybridized carbons (Fsp3) is 0.647. The van der Waals surface area contributed by atoms with Crippen molar-refractivity contribution in [1.29, 1.82) is 0 Å². The maximum atomic E-state index is 10.4. The quantitative estimate of drug-likeness (QED) is 0.897. The third kappa shape index (κ3) is 3.97. The van der Waals surface area contributed by atoms with Gasteiger partial charge in [-0.25, -0.2) is 0 Å². The predicted octanol–water partition coefficient (Wildman–Crippen LogP) is 3.24. The molecule has 0 aromatic heterocycles. The Hall–Kier alpha value is -1.06. The molecule has 3 heteroatoms. The summed E-state index contributed by atoms with van der Waals surface area (Å²) in [5.74, 6) is 1.67. The Bertz CT molecular complexity index is 404. The van der Waals surface area contributed by atoms with Crippen LogP contribution in [0.1, 0.15) is 45.3 Å². The van der Waals surface area contributed by atoms with Crippen LogP contribution in [0.3, 0.4) is 0 Å². The summed E-state index contributed by atoms with van der Waals surface area (Å²) in [6, 6.07) is 8.36. The molecule has 0 amide bonds. The Morgan fingerprint density at radius 2 is 2.00 bits per heavy atom. The van der Waals surface area contributed by atoms with E-state index in [9.17, 15) is 5.11 Å². The maximum absolute atomic E-state index is 10.4. The third-order valence-electron chi connectivity index (χ3n) is 4.26. The molecule has 0 saturated carbocycles. The van der Waals surface area contributed by atoms with Gasteiger partial charge in [-0.05, 0) is 56.8 Å². The van der Waals surface area contributed by atoms with E-state index in [2.05, 4.69) is 18.7 Å². The first-order valence-electron chi connectivity index (χ1n) is 7.75. The maximum Gasteiger partial charge on any atom is 0.119 e. The van der Waals surface area contributed by atoms with Gasteiger partial charge in [-0.3, -0.25) is 4.90 Å². The van der Waals surface area contributed by atoms with Gasteiger partial charge < -0.3 is 9.84 Å². The summed E-state index contributed by atoms with van der Waals surface area (Å²) in [5.41, 5.74) is 0.972. The highest BCUT2D eigenvalue weighted by Crippen LogP contribution is 2.25. The predicted molar refractivity (Wildman–Crippen MR) is 82.0 cm³/mol. The van der Waals surface area contributed by atoms with E-state index in [0.717, 1.165) is 30.3 Å². The smallest absolute Gasteiger partial charge is 0.119 e. The van der Waals surface area contributed by atoms with Crippen LogP contribution in [-0.2, 0) is 0 Å². The molecule has 1 aliphatic rings. The van der Waals surface area contributed by atoms with Crippen LogP contribution in [0.2, 0.25) is 0 Å². The summed E-state index contributed by atoms with van der Waals surface area (Å²) in [6.07, 6.45) is 2.05. The molecule has 3 atom stereocenters. The van der Waals surface area contributed by atoms with Crippen molar-refractivity contribution in [1.82, 2.24) is 4.90 Å². The molecule has 1 aliphatic heterocycles. The number of likely N-dealkylation sites (tertiary alicyclic amines) is 1. The highest BCUT2D eigenvalue weighted by Gasteiger charge is 2.24. The number of piperidine rings is 1. The van der Waals surface area contributed by atoms with Gasteiger partial charge in [0.05, 0.1) is 12.7 Å². The number of hydrogen-bond donors (Lipinski definition) is 1. The number of benzene rings is 1. The topological polar surface area (TPSA) is 32.7 Å². The minimum Gasteiger partial charge on any atom is -0.494 e. The van der Waals surface area contributed by atoms with Gasteiger partial charge in [-0.15, -0.1) is 0 Å². The number of ether oxygens (including phenoxy) is 1. The lowest BCUT2D eigenvalue weighted by Crippen LogP contribution is -2.42. The molecule has 0 bridgehead atoms. The summed E-state index contributed by atoms with van der Waals surface area (Å²) in [6.45, 7) is 9.04.